The summed E-state index contributed by atoms with van der Waals surface area (Å²) in [4.78, 5) is 0. The minimum Gasteiger partial charge on any atom is -0.0616 e. The molecule has 0 heteroatoms. The van der Waals surface area contributed by atoms with Crippen molar-refractivity contribution in [2.75, 3.05) is 0 Å². The van der Waals surface area contributed by atoms with Crippen molar-refractivity contribution < 1.29 is 0 Å². The Balaban J connectivity index is 1.25. The molecule has 0 radical (unpaired) electrons. The quantitative estimate of drug-likeness (QED) is 0.209. The van der Waals surface area contributed by atoms with Gasteiger partial charge in [0, 0.05) is 0 Å². The zero-order valence-electron chi connectivity index (χ0n) is 22.0. The molecule has 0 saturated heterocycles. The van der Waals surface area contributed by atoms with E-state index in [1.54, 1.807) is 0 Å². The summed E-state index contributed by atoms with van der Waals surface area (Å²) in [5, 5.41) is 10.2. The lowest BCUT2D eigenvalue weighted by molar-refractivity contribution is 1.61. The molecule has 186 valence electrons. The van der Waals surface area contributed by atoms with E-state index in [0.717, 1.165) is 0 Å². The normalized spacial score (nSPS) is 11.5. The van der Waals surface area contributed by atoms with Crippen LogP contribution < -0.4 is 0 Å². The summed E-state index contributed by atoms with van der Waals surface area (Å²) in [6, 6.07) is 57.6. The van der Waals surface area contributed by atoms with E-state index in [9.17, 15) is 0 Å². The van der Waals surface area contributed by atoms with Gasteiger partial charge in [0.05, 0.1) is 0 Å². The summed E-state index contributed by atoms with van der Waals surface area (Å²) in [5.74, 6) is 0. The van der Waals surface area contributed by atoms with Crippen LogP contribution in [0.2, 0.25) is 0 Å². The van der Waals surface area contributed by atoms with Crippen molar-refractivity contribution in [3.05, 3.63) is 158 Å². The van der Waals surface area contributed by atoms with Crippen molar-refractivity contribution in [1.29, 1.82) is 0 Å². The highest BCUT2D eigenvalue weighted by molar-refractivity contribution is 6.16. The number of rotatable bonds is 3. The highest BCUT2D eigenvalue weighted by Crippen LogP contribution is 2.39. The molecule has 40 heavy (non-hydrogen) atoms. The first-order chi connectivity index (χ1) is 19.8. The predicted octanol–water partition coefficient (Wildman–Crippen LogP) is 11.3. The van der Waals surface area contributed by atoms with Crippen molar-refractivity contribution in [2.45, 2.75) is 0 Å². The Hall–Kier alpha value is -5.20. The molecular weight excluding hydrogens is 480 g/mol. The Morgan fingerprint density at radius 2 is 0.775 bits per heavy atom. The standard InChI is InChI=1S/C40H26/c1-2-9-31-24-32(22-20-27(31)8-1)28-16-18-29(19-17-28)33-23-21-30-11-7-15-38(39(30)25-33)40-26-34-10-3-4-12-35(34)36-13-5-6-14-37(36)40/h1-26H. The van der Waals surface area contributed by atoms with Gasteiger partial charge in [-0.05, 0) is 94.7 Å². The van der Waals surface area contributed by atoms with Crippen LogP contribution in [-0.2, 0) is 0 Å². The number of hydrogen-bond donors (Lipinski definition) is 0. The summed E-state index contributed by atoms with van der Waals surface area (Å²) >= 11 is 0. The molecule has 0 heterocycles. The summed E-state index contributed by atoms with van der Waals surface area (Å²) in [6.07, 6.45) is 0. The van der Waals surface area contributed by atoms with Gasteiger partial charge in [-0.15, -0.1) is 0 Å². The van der Waals surface area contributed by atoms with E-state index in [-0.39, 0.29) is 0 Å². The van der Waals surface area contributed by atoms with Crippen molar-refractivity contribution in [3.63, 3.8) is 0 Å². The molecule has 0 atom stereocenters. The maximum absolute atomic E-state index is 2.36. The van der Waals surface area contributed by atoms with E-state index in [4.69, 9.17) is 0 Å². The minimum atomic E-state index is 1.23. The molecule has 0 spiro atoms. The van der Waals surface area contributed by atoms with Crippen LogP contribution in [0.3, 0.4) is 0 Å². The Morgan fingerprint density at radius 1 is 0.225 bits per heavy atom. The lowest BCUT2D eigenvalue weighted by atomic mass is 9.89. The van der Waals surface area contributed by atoms with Gasteiger partial charge in [-0.1, -0.05) is 140 Å². The van der Waals surface area contributed by atoms with E-state index in [1.807, 2.05) is 0 Å². The molecular formula is C40H26. The van der Waals surface area contributed by atoms with Crippen molar-refractivity contribution in [2.24, 2.45) is 0 Å². The number of benzene rings is 8. The van der Waals surface area contributed by atoms with E-state index in [2.05, 4.69) is 158 Å². The second kappa shape index (κ2) is 9.22. The summed E-state index contributed by atoms with van der Waals surface area (Å²) < 4.78 is 0. The van der Waals surface area contributed by atoms with Gasteiger partial charge in [-0.25, -0.2) is 0 Å². The van der Waals surface area contributed by atoms with Crippen LogP contribution in [0.4, 0.5) is 0 Å². The van der Waals surface area contributed by atoms with Gasteiger partial charge in [0.15, 0.2) is 0 Å². The molecule has 0 aromatic heterocycles. The zero-order chi connectivity index (χ0) is 26.5. The molecule has 0 unspecified atom stereocenters. The molecule has 0 bridgehead atoms. The molecule has 0 saturated carbocycles. The highest BCUT2D eigenvalue weighted by atomic mass is 14.2. The third kappa shape index (κ3) is 3.77. The molecule has 8 aromatic rings. The van der Waals surface area contributed by atoms with Gasteiger partial charge in [-0.2, -0.15) is 0 Å². The minimum absolute atomic E-state index is 1.23. The van der Waals surface area contributed by atoms with E-state index >= 15 is 0 Å². The third-order valence-corrected chi connectivity index (χ3v) is 8.24. The fourth-order valence-electron chi connectivity index (χ4n) is 6.19. The SMILES string of the molecule is c1ccc2cc(-c3ccc(-c4ccc5cccc(-c6cc7ccccc7c7ccccc67)c5c4)cc3)ccc2c1. The fraction of sp³-hybridized carbons (Fsp3) is 0. The predicted molar refractivity (Wildman–Crippen MR) is 173 cm³/mol. The van der Waals surface area contributed by atoms with Gasteiger partial charge in [0.1, 0.15) is 0 Å². The molecule has 0 fully saturated rings. The number of hydrogen-bond acceptors (Lipinski definition) is 0. The first kappa shape index (κ1) is 22.8. The highest BCUT2D eigenvalue weighted by Gasteiger charge is 2.12. The first-order valence-electron chi connectivity index (χ1n) is 13.9. The molecule has 8 aromatic carbocycles. The molecule has 0 aliphatic carbocycles. The summed E-state index contributed by atoms with van der Waals surface area (Å²) in [5.41, 5.74) is 7.49. The van der Waals surface area contributed by atoms with Gasteiger partial charge in [0.25, 0.3) is 0 Å². The van der Waals surface area contributed by atoms with Crippen LogP contribution in [0.15, 0.2) is 158 Å². The topological polar surface area (TPSA) is 0 Å². The molecule has 0 aliphatic rings. The molecule has 8 rings (SSSR count). The van der Waals surface area contributed by atoms with Crippen molar-refractivity contribution in [1.82, 2.24) is 0 Å². The Bertz CT molecular complexity index is 2200. The Labute approximate surface area is 233 Å². The van der Waals surface area contributed by atoms with Crippen LogP contribution in [0.1, 0.15) is 0 Å². The number of fused-ring (bicyclic) bond motifs is 5. The third-order valence-electron chi connectivity index (χ3n) is 8.24. The maximum Gasteiger partial charge on any atom is -0.00928 e. The van der Waals surface area contributed by atoms with Crippen LogP contribution in [0, 0.1) is 0 Å². The van der Waals surface area contributed by atoms with Crippen LogP contribution in [0.25, 0.3) is 76.5 Å². The second-order valence-corrected chi connectivity index (χ2v) is 10.6. The molecule has 0 nitrogen and oxygen atoms in total. The van der Waals surface area contributed by atoms with Crippen molar-refractivity contribution in [3.8, 4) is 33.4 Å². The van der Waals surface area contributed by atoms with E-state index < -0.39 is 0 Å². The van der Waals surface area contributed by atoms with Crippen LogP contribution in [0.5, 0.6) is 0 Å². The fourth-order valence-corrected chi connectivity index (χ4v) is 6.19. The average molecular weight is 507 g/mol. The lowest BCUT2D eigenvalue weighted by Gasteiger charge is -2.14. The van der Waals surface area contributed by atoms with Gasteiger partial charge in [-0.3, -0.25) is 0 Å². The average Bonchev–Trinajstić information content (AvgIpc) is 3.04. The van der Waals surface area contributed by atoms with Crippen molar-refractivity contribution >= 4 is 43.1 Å². The molecule has 0 N–H and O–H groups in total. The largest absolute Gasteiger partial charge is 0.0616 e. The second-order valence-electron chi connectivity index (χ2n) is 10.6. The van der Waals surface area contributed by atoms with Crippen LogP contribution in [-0.4, -0.2) is 0 Å². The maximum atomic E-state index is 2.36. The lowest BCUT2D eigenvalue weighted by Crippen LogP contribution is -1.87. The summed E-state index contributed by atoms with van der Waals surface area (Å²) in [7, 11) is 0. The zero-order valence-corrected chi connectivity index (χ0v) is 22.0. The van der Waals surface area contributed by atoms with E-state index in [0.29, 0.717) is 0 Å². The Morgan fingerprint density at radius 3 is 1.55 bits per heavy atom. The van der Waals surface area contributed by atoms with Gasteiger partial charge >= 0.3 is 0 Å². The summed E-state index contributed by atoms with van der Waals surface area (Å²) in [6.45, 7) is 0. The Kier molecular flexibility index (Phi) is 5.24. The van der Waals surface area contributed by atoms with Crippen LogP contribution >= 0.6 is 0 Å². The smallest absolute Gasteiger partial charge is 0.00928 e. The first-order valence-corrected chi connectivity index (χ1v) is 13.9. The monoisotopic (exact) mass is 506 g/mol. The van der Waals surface area contributed by atoms with Gasteiger partial charge in [0.2, 0.25) is 0 Å². The molecule has 0 aliphatic heterocycles. The molecule has 0 amide bonds. The van der Waals surface area contributed by atoms with E-state index in [1.165, 1.54) is 76.5 Å². The van der Waals surface area contributed by atoms with Gasteiger partial charge < -0.3 is 0 Å².